The number of carbonyl (C=O) groups is 3. The van der Waals surface area contributed by atoms with Crippen molar-refractivity contribution >= 4 is 23.7 Å². The van der Waals surface area contributed by atoms with Crippen LogP contribution in [0.2, 0.25) is 0 Å². The third-order valence-electron chi connectivity index (χ3n) is 5.26. The lowest BCUT2D eigenvalue weighted by Gasteiger charge is -2.29. The van der Waals surface area contributed by atoms with Crippen LogP contribution in [0.25, 0.3) is 0 Å². The Kier molecular flexibility index (Phi) is 7.65. The molecule has 7 nitrogen and oxygen atoms in total. The van der Waals surface area contributed by atoms with Gasteiger partial charge in [-0.15, -0.1) is 0 Å². The van der Waals surface area contributed by atoms with Gasteiger partial charge >= 0.3 is 12.1 Å². The summed E-state index contributed by atoms with van der Waals surface area (Å²) < 4.78 is 10.1. The molecular weight excluding hydrogens is 396 g/mol. The largest absolute Gasteiger partial charge is 0.468 e. The van der Waals surface area contributed by atoms with Crippen molar-refractivity contribution in [2.24, 2.45) is 0 Å². The zero-order chi connectivity index (χ0) is 22.2. The lowest BCUT2D eigenvalue weighted by Crippen LogP contribution is -2.51. The van der Waals surface area contributed by atoms with E-state index in [9.17, 15) is 14.4 Å². The second-order valence-corrected chi connectivity index (χ2v) is 7.40. The van der Waals surface area contributed by atoms with Crippen LogP contribution < -0.4 is 4.90 Å². The van der Waals surface area contributed by atoms with Gasteiger partial charge in [-0.25, -0.2) is 4.79 Å². The highest BCUT2D eigenvalue weighted by atomic mass is 16.6. The van der Waals surface area contributed by atoms with Crippen molar-refractivity contribution < 1.29 is 23.9 Å². The molecule has 0 unspecified atom stereocenters. The van der Waals surface area contributed by atoms with Crippen LogP contribution in [0.15, 0.2) is 54.6 Å². The molecule has 2 aromatic carbocycles. The van der Waals surface area contributed by atoms with Crippen molar-refractivity contribution in [3.8, 4) is 0 Å². The van der Waals surface area contributed by atoms with E-state index in [-0.39, 0.29) is 19.1 Å². The Bertz CT molecular complexity index is 915. The number of nitrogens with zero attached hydrogens (tertiary/aromatic N) is 2. The van der Waals surface area contributed by atoms with Gasteiger partial charge in [-0.1, -0.05) is 55.5 Å². The standard InChI is InChI=1S/C24H28N2O5/c1-3-15-31-24(29)26-20-12-8-7-11-19(20)16-21(26)23(28)25(17-22(27)30-2)14-13-18-9-5-4-6-10-18/h4-12,21H,3,13-17H2,1-2H3/t21-/m1/s1. The minimum atomic E-state index is -0.762. The van der Waals surface area contributed by atoms with E-state index in [1.54, 1.807) is 0 Å². The fraction of sp³-hybridized carbons (Fsp3) is 0.375. The number of benzene rings is 2. The first-order chi connectivity index (χ1) is 15.0. The van der Waals surface area contributed by atoms with Crippen LogP contribution in [0.5, 0.6) is 0 Å². The van der Waals surface area contributed by atoms with E-state index in [4.69, 9.17) is 9.47 Å². The fourth-order valence-electron chi connectivity index (χ4n) is 3.68. The average Bonchev–Trinajstić information content (AvgIpc) is 3.20. The first-order valence-corrected chi connectivity index (χ1v) is 10.5. The number of hydrogen-bond donors (Lipinski definition) is 0. The van der Waals surface area contributed by atoms with Gasteiger partial charge in [0.2, 0.25) is 5.91 Å². The molecule has 0 aromatic heterocycles. The van der Waals surface area contributed by atoms with Crippen molar-refractivity contribution in [3.63, 3.8) is 0 Å². The number of esters is 1. The molecular formula is C24H28N2O5. The molecule has 164 valence electrons. The molecule has 2 amide bonds. The molecule has 2 aromatic rings. The Morgan fingerprint density at radius 1 is 1.06 bits per heavy atom. The lowest BCUT2D eigenvalue weighted by atomic mass is 10.1. The van der Waals surface area contributed by atoms with Crippen molar-refractivity contribution in [2.75, 3.05) is 31.7 Å². The van der Waals surface area contributed by atoms with E-state index < -0.39 is 18.1 Å². The Hall–Kier alpha value is -3.35. The second kappa shape index (κ2) is 10.6. The molecule has 0 fully saturated rings. The van der Waals surface area contributed by atoms with Gasteiger partial charge in [0.1, 0.15) is 12.6 Å². The quantitative estimate of drug-likeness (QED) is 0.608. The topological polar surface area (TPSA) is 76.2 Å². The molecule has 0 spiro atoms. The summed E-state index contributed by atoms with van der Waals surface area (Å²) in [5.41, 5.74) is 2.62. The zero-order valence-corrected chi connectivity index (χ0v) is 18.0. The SMILES string of the molecule is CCCOC(=O)N1c2ccccc2C[C@@H]1C(=O)N(CCc1ccccc1)CC(=O)OC. The number of hydrogen-bond acceptors (Lipinski definition) is 5. The van der Waals surface area contributed by atoms with Gasteiger partial charge in [0.15, 0.2) is 0 Å². The summed E-state index contributed by atoms with van der Waals surface area (Å²) >= 11 is 0. The number of methoxy groups -OCH3 is 1. The zero-order valence-electron chi connectivity index (χ0n) is 18.0. The van der Waals surface area contributed by atoms with Crippen LogP contribution in [0.4, 0.5) is 10.5 Å². The summed E-state index contributed by atoms with van der Waals surface area (Å²) in [4.78, 5) is 41.2. The van der Waals surface area contributed by atoms with E-state index in [1.165, 1.54) is 16.9 Å². The number of anilines is 1. The molecule has 31 heavy (non-hydrogen) atoms. The van der Waals surface area contributed by atoms with Crippen molar-refractivity contribution in [1.29, 1.82) is 0 Å². The van der Waals surface area contributed by atoms with Gasteiger partial charge < -0.3 is 14.4 Å². The Labute approximate surface area is 182 Å². The van der Waals surface area contributed by atoms with E-state index in [0.717, 1.165) is 11.1 Å². The molecule has 0 bridgehead atoms. The number of rotatable bonds is 8. The molecule has 0 saturated heterocycles. The molecule has 0 N–H and O–H groups in total. The van der Waals surface area contributed by atoms with E-state index in [1.807, 2.05) is 61.5 Å². The van der Waals surface area contributed by atoms with Gasteiger partial charge in [0.05, 0.1) is 19.4 Å². The highest BCUT2D eigenvalue weighted by Crippen LogP contribution is 2.33. The van der Waals surface area contributed by atoms with Crippen LogP contribution in [0, 0.1) is 0 Å². The molecule has 3 rings (SSSR count). The fourth-order valence-corrected chi connectivity index (χ4v) is 3.68. The number of para-hydroxylation sites is 1. The first-order valence-electron chi connectivity index (χ1n) is 10.5. The minimum Gasteiger partial charge on any atom is -0.468 e. The van der Waals surface area contributed by atoms with Crippen molar-refractivity contribution in [2.45, 2.75) is 32.2 Å². The predicted molar refractivity (Wildman–Crippen MR) is 117 cm³/mol. The molecule has 1 aliphatic rings. The molecule has 1 heterocycles. The summed E-state index contributed by atoms with van der Waals surface area (Å²) in [5.74, 6) is -0.803. The van der Waals surface area contributed by atoms with Crippen LogP contribution in [0.1, 0.15) is 24.5 Å². The highest BCUT2D eigenvalue weighted by Gasteiger charge is 2.41. The monoisotopic (exact) mass is 424 g/mol. The van der Waals surface area contributed by atoms with E-state index in [2.05, 4.69) is 0 Å². The third kappa shape index (κ3) is 5.42. The molecule has 0 radical (unpaired) electrons. The average molecular weight is 424 g/mol. The van der Waals surface area contributed by atoms with Crippen LogP contribution in [-0.2, 0) is 31.9 Å². The Balaban J connectivity index is 1.83. The van der Waals surface area contributed by atoms with Crippen molar-refractivity contribution in [1.82, 2.24) is 4.90 Å². The van der Waals surface area contributed by atoms with Gasteiger partial charge in [-0.3, -0.25) is 14.5 Å². The summed E-state index contributed by atoms with van der Waals surface area (Å²) in [6.45, 7) is 2.35. The summed E-state index contributed by atoms with van der Waals surface area (Å²) in [6, 6.07) is 16.4. The number of carbonyl (C=O) groups excluding carboxylic acids is 3. The minimum absolute atomic E-state index is 0.174. The maximum absolute atomic E-state index is 13.5. The van der Waals surface area contributed by atoms with Crippen LogP contribution >= 0.6 is 0 Å². The smallest absolute Gasteiger partial charge is 0.415 e. The van der Waals surface area contributed by atoms with E-state index >= 15 is 0 Å². The van der Waals surface area contributed by atoms with Gasteiger partial charge in [-0.05, 0) is 30.0 Å². The Morgan fingerprint density at radius 3 is 2.48 bits per heavy atom. The normalized spacial score (nSPS) is 14.6. The lowest BCUT2D eigenvalue weighted by molar-refractivity contribution is -0.147. The van der Waals surface area contributed by atoms with Gasteiger partial charge in [0.25, 0.3) is 0 Å². The van der Waals surface area contributed by atoms with Gasteiger partial charge in [-0.2, -0.15) is 0 Å². The molecule has 0 aliphatic carbocycles. The summed E-state index contributed by atoms with van der Waals surface area (Å²) in [5, 5.41) is 0. The van der Waals surface area contributed by atoms with Crippen LogP contribution in [-0.4, -0.2) is 55.7 Å². The molecule has 0 saturated carbocycles. The third-order valence-corrected chi connectivity index (χ3v) is 5.26. The van der Waals surface area contributed by atoms with Gasteiger partial charge in [0, 0.05) is 13.0 Å². The first kappa shape index (κ1) is 22.3. The van der Waals surface area contributed by atoms with Crippen LogP contribution in [0.3, 0.4) is 0 Å². The molecule has 1 atom stereocenters. The van der Waals surface area contributed by atoms with E-state index in [0.29, 0.717) is 31.5 Å². The number of amides is 2. The Morgan fingerprint density at radius 2 is 1.77 bits per heavy atom. The second-order valence-electron chi connectivity index (χ2n) is 7.40. The maximum atomic E-state index is 13.5. The predicted octanol–water partition coefficient (Wildman–Crippen LogP) is 3.21. The molecule has 7 heteroatoms. The maximum Gasteiger partial charge on any atom is 0.415 e. The summed E-state index contributed by atoms with van der Waals surface area (Å²) in [7, 11) is 1.29. The van der Waals surface area contributed by atoms with Crippen molar-refractivity contribution in [3.05, 3.63) is 65.7 Å². The number of fused-ring (bicyclic) bond motifs is 1. The molecule has 1 aliphatic heterocycles. The highest BCUT2D eigenvalue weighted by molar-refractivity contribution is 6.01. The number of ether oxygens (including phenoxy) is 2. The summed E-state index contributed by atoms with van der Waals surface area (Å²) in [6.07, 6.45) is 1.10.